The number of carbonyl (C=O) groups excluding carboxylic acids is 4. The van der Waals surface area contributed by atoms with Crippen molar-refractivity contribution in [1.82, 2.24) is 10.6 Å². The molecule has 1 aromatic rings. The van der Waals surface area contributed by atoms with Crippen LogP contribution in [0.4, 0.5) is 25.0 Å². The summed E-state index contributed by atoms with van der Waals surface area (Å²) in [6, 6.07) is 1.27. The van der Waals surface area contributed by atoms with Crippen molar-refractivity contribution in [3.8, 4) is 5.75 Å². The molecule has 13 heteroatoms. The van der Waals surface area contributed by atoms with Crippen molar-refractivity contribution in [2.24, 2.45) is 5.73 Å². The largest absolute Gasteiger partial charge is 0.433 e. The van der Waals surface area contributed by atoms with Crippen LogP contribution in [0.2, 0.25) is 0 Å². The molecule has 2 fully saturated rings. The number of rotatable bonds is 8. The van der Waals surface area contributed by atoms with Gasteiger partial charge in [-0.25, -0.2) is 4.79 Å². The molecule has 1 aromatic carbocycles. The van der Waals surface area contributed by atoms with E-state index in [1.54, 1.807) is 0 Å². The molecule has 2 aliphatic rings. The van der Waals surface area contributed by atoms with Crippen molar-refractivity contribution in [2.45, 2.75) is 38.0 Å². The van der Waals surface area contributed by atoms with Crippen molar-refractivity contribution in [2.75, 3.05) is 30.0 Å². The lowest BCUT2D eigenvalue weighted by Gasteiger charge is -2.28. The highest BCUT2D eigenvalue weighted by Gasteiger charge is 2.29. The van der Waals surface area contributed by atoms with Crippen LogP contribution in [0, 0.1) is 0 Å². The fraction of sp³-hybridized carbons (Fsp3) is 0.474. The van der Waals surface area contributed by atoms with Crippen molar-refractivity contribution >= 4 is 35.1 Å². The topological polar surface area (TPSA) is 152 Å². The van der Waals surface area contributed by atoms with Gasteiger partial charge in [-0.3, -0.25) is 14.4 Å². The van der Waals surface area contributed by atoms with E-state index in [1.807, 2.05) is 0 Å². The molecule has 0 spiro atoms. The van der Waals surface area contributed by atoms with Crippen molar-refractivity contribution in [1.29, 1.82) is 0 Å². The van der Waals surface area contributed by atoms with Crippen molar-refractivity contribution in [3.63, 3.8) is 0 Å². The van der Waals surface area contributed by atoms with E-state index in [4.69, 9.17) is 10.5 Å². The molecule has 1 saturated heterocycles. The first-order valence-corrected chi connectivity index (χ1v) is 9.89. The van der Waals surface area contributed by atoms with Crippen LogP contribution in [0.3, 0.4) is 0 Å². The lowest BCUT2D eigenvalue weighted by molar-refractivity contribution is -0.128. The fourth-order valence-electron chi connectivity index (χ4n) is 3.17. The average molecular weight is 455 g/mol. The van der Waals surface area contributed by atoms with Crippen LogP contribution in [-0.4, -0.2) is 62.2 Å². The molecule has 1 heterocycles. The summed E-state index contributed by atoms with van der Waals surface area (Å²) < 4.78 is 35.4. The molecule has 1 aliphatic heterocycles. The first kappa shape index (κ1) is 23.2. The molecule has 174 valence electrons. The number of nitrogens with two attached hydrogens (primary N) is 1. The summed E-state index contributed by atoms with van der Waals surface area (Å²) in [5.74, 6) is -2.88. The maximum Gasteiger partial charge on any atom is 0.387 e. The fourth-order valence-corrected chi connectivity index (χ4v) is 3.17. The number of primary amides is 1. The summed E-state index contributed by atoms with van der Waals surface area (Å²) in [4.78, 5) is 49.5. The van der Waals surface area contributed by atoms with E-state index in [2.05, 4.69) is 20.7 Å². The Hall–Kier alpha value is -3.48. The lowest BCUT2D eigenvalue weighted by atomic mass is 9.93. The number of morpholine rings is 1. The molecule has 32 heavy (non-hydrogen) atoms. The number of benzene rings is 1. The molecule has 11 nitrogen and oxygen atoms in total. The Morgan fingerprint density at radius 1 is 1.25 bits per heavy atom. The Kier molecular flexibility index (Phi) is 7.41. The van der Waals surface area contributed by atoms with Crippen LogP contribution in [0.25, 0.3) is 0 Å². The Morgan fingerprint density at radius 2 is 2.00 bits per heavy atom. The highest BCUT2D eigenvalue weighted by molar-refractivity contribution is 6.11. The van der Waals surface area contributed by atoms with Gasteiger partial charge < -0.3 is 36.1 Å². The van der Waals surface area contributed by atoms with Crippen LogP contribution in [0.5, 0.6) is 5.75 Å². The molecule has 0 radical (unpaired) electrons. The number of nitrogens with one attached hydrogen (secondary N) is 3. The summed E-state index contributed by atoms with van der Waals surface area (Å²) in [5.41, 5.74) is 5.29. The number of amides is 5. The predicted molar refractivity (Wildman–Crippen MR) is 107 cm³/mol. The van der Waals surface area contributed by atoms with E-state index in [0.29, 0.717) is 0 Å². The minimum absolute atomic E-state index is 0.0115. The number of nitrogens with zero attached hydrogens (tertiary/aromatic N) is 1. The molecule has 0 bridgehead atoms. The molecule has 1 aliphatic carbocycles. The van der Waals surface area contributed by atoms with Crippen LogP contribution in [0.1, 0.15) is 19.3 Å². The van der Waals surface area contributed by atoms with Gasteiger partial charge in [0.1, 0.15) is 6.61 Å². The molecular weight excluding hydrogens is 432 g/mol. The normalized spacial score (nSPS) is 17.3. The lowest BCUT2D eigenvalue weighted by Crippen LogP contribution is -2.56. The van der Waals surface area contributed by atoms with Gasteiger partial charge in [-0.05, 0) is 31.4 Å². The van der Waals surface area contributed by atoms with Crippen molar-refractivity contribution < 1.29 is 37.4 Å². The number of urea groups is 1. The molecule has 0 aromatic heterocycles. The van der Waals surface area contributed by atoms with E-state index in [-0.39, 0.29) is 42.9 Å². The van der Waals surface area contributed by atoms with Gasteiger partial charge in [0, 0.05) is 24.3 Å². The Labute approximate surface area is 181 Å². The summed E-state index contributed by atoms with van der Waals surface area (Å²) in [6.07, 6.45) is 2.57. The van der Waals surface area contributed by atoms with Gasteiger partial charge in [0.15, 0.2) is 11.8 Å². The first-order valence-electron chi connectivity index (χ1n) is 9.89. The second-order valence-electron chi connectivity index (χ2n) is 7.23. The molecule has 5 N–H and O–H groups in total. The first-order chi connectivity index (χ1) is 15.2. The number of carbonyl (C=O) groups is 4. The zero-order valence-electron chi connectivity index (χ0n) is 16.9. The smallest absolute Gasteiger partial charge is 0.387 e. The number of alkyl halides is 2. The summed E-state index contributed by atoms with van der Waals surface area (Å²) in [6.45, 7) is -3.05. The maximum atomic E-state index is 12.9. The minimum atomic E-state index is -3.19. The number of hydrogen-bond donors (Lipinski definition) is 4. The second-order valence-corrected chi connectivity index (χ2v) is 7.23. The number of anilines is 2. The molecule has 0 unspecified atom stereocenters. The van der Waals surface area contributed by atoms with E-state index in [0.717, 1.165) is 25.3 Å². The number of hydrogen-bond acceptors (Lipinski definition) is 6. The van der Waals surface area contributed by atoms with Crippen LogP contribution >= 0.6 is 0 Å². The Balaban J connectivity index is 1.73. The van der Waals surface area contributed by atoms with Gasteiger partial charge in [0.2, 0.25) is 5.91 Å². The second kappa shape index (κ2) is 10.2. The van der Waals surface area contributed by atoms with Gasteiger partial charge >= 0.3 is 12.6 Å². The van der Waals surface area contributed by atoms with Gasteiger partial charge in [-0.15, -0.1) is 0 Å². The maximum absolute atomic E-state index is 12.9. The van der Waals surface area contributed by atoms with Crippen LogP contribution < -0.4 is 31.3 Å². The third-order valence-electron chi connectivity index (χ3n) is 4.98. The van der Waals surface area contributed by atoms with Gasteiger partial charge in [0.05, 0.1) is 12.3 Å². The highest BCUT2D eigenvalue weighted by atomic mass is 19.3. The highest BCUT2D eigenvalue weighted by Crippen LogP contribution is 2.33. The average Bonchev–Trinajstić information content (AvgIpc) is 2.69. The van der Waals surface area contributed by atoms with E-state index >= 15 is 0 Å². The molecule has 1 atom stereocenters. The Morgan fingerprint density at radius 3 is 2.59 bits per heavy atom. The Bertz CT molecular complexity index is 895. The standard InChI is InChI=1S/C19H23F2N5O6/c20-18(21)32-13-8-11(4-5-12(13)26-6-7-31-9-14(26)27)23-17(29)15(16(22)28)25-19(30)24-10-2-1-3-10/h4-5,8,10,15,18H,1-3,6-7,9H2,(H2,22,28)(H,23,29)(H2,24,25,30)/t15-/m0/s1. The van der Waals surface area contributed by atoms with E-state index in [1.165, 1.54) is 17.0 Å². The van der Waals surface area contributed by atoms with E-state index in [9.17, 15) is 28.0 Å². The summed E-state index contributed by atoms with van der Waals surface area (Å²) >= 11 is 0. The minimum Gasteiger partial charge on any atom is -0.433 e. The molecule has 3 rings (SSSR count). The predicted octanol–water partition coefficient (Wildman–Crippen LogP) is 0.295. The van der Waals surface area contributed by atoms with Gasteiger partial charge in [-0.2, -0.15) is 8.78 Å². The van der Waals surface area contributed by atoms with Crippen molar-refractivity contribution in [3.05, 3.63) is 18.2 Å². The third kappa shape index (κ3) is 5.81. The third-order valence-corrected chi connectivity index (χ3v) is 4.98. The molecular formula is C19H23F2N5O6. The van der Waals surface area contributed by atoms with E-state index < -0.39 is 36.4 Å². The zero-order valence-corrected chi connectivity index (χ0v) is 16.9. The summed E-state index contributed by atoms with van der Waals surface area (Å²) in [5, 5.41) is 7.14. The number of halogens is 2. The van der Waals surface area contributed by atoms with Gasteiger partial charge in [-0.1, -0.05) is 0 Å². The number of ether oxygens (including phenoxy) is 2. The monoisotopic (exact) mass is 455 g/mol. The SMILES string of the molecule is NC(=O)[C@H](NC(=O)NC1CCC1)C(=O)Nc1ccc(N2CCOCC2=O)c(OC(F)F)c1. The quantitative estimate of drug-likeness (QED) is 0.414. The van der Waals surface area contributed by atoms with Crippen LogP contribution in [-0.2, 0) is 19.1 Å². The van der Waals surface area contributed by atoms with Crippen LogP contribution in [0.15, 0.2) is 18.2 Å². The summed E-state index contributed by atoms with van der Waals surface area (Å²) in [7, 11) is 0. The van der Waals surface area contributed by atoms with Gasteiger partial charge in [0.25, 0.3) is 11.8 Å². The molecule has 5 amide bonds. The molecule has 1 saturated carbocycles. The zero-order chi connectivity index (χ0) is 23.3.